The Kier molecular flexibility index (Phi) is 4.21. The third-order valence-corrected chi connectivity index (χ3v) is 2.76. The highest BCUT2D eigenvalue weighted by molar-refractivity contribution is 5.68. The molecule has 1 aromatic rings. The molecular formula is C14H15NO3. The molecule has 1 heterocycles. The number of carbonyl (C=O) groups is 1. The maximum atomic E-state index is 11.9. The van der Waals surface area contributed by atoms with Gasteiger partial charge in [0.25, 0.3) is 0 Å². The van der Waals surface area contributed by atoms with E-state index in [0.29, 0.717) is 19.8 Å². The van der Waals surface area contributed by atoms with Crippen LogP contribution in [0.4, 0.5) is 4.79 Å². The molecule has 4 nitrogen and oxygen atoms in total. The number of nitrogens with zero attached hydrogens (tertiary/aromatic N) is 1. The fourth-order valence-corrected chi connectivity index (χ4v) is 1.76. The van der Waals surface area contributed by atoms with Gasteiger partial charge >= 0.3 is 6.09 Å². The van der Waals surface area contributed by atoms with E-state index in [0.717, 1.165) is 5.56 Å². The van der Waals surface area contributed by atoms with Crippen molar-refractivity contribution in [1.29, 1.82) is 0 Å². The molecule has 0 bridgehead atoms. The van der Waals surface area contributed by atoms with Gasteiger partial charge in [0, 0.05) is 6.54 Å². The normalized spacial score (nSPS) is 19.1. The third kappa shape index (κ3) is 3.02. The monoisotopic (exact) mass is 245 g/mol. The van der Waals surface area contributed by atoms with Crippen molar-refractivity contribution in [2.24, 2.45) is 0 Å². The van der Waals surface area contributed by atoms with E-state index in [2.05, 4.69) is 5.92 Å². The van der Waals surface area contributed by atoms with Gasteiger partial charge in [0.15, 0.2) is 0 Å². The summed E-state index contributed by atoms with van der Waals surface area (Å²) in [4.78, 5) is 13.4. The number of benzene rings is 1. The lowest BCUT2D eigenvalue weighted by Crippen LogP contribution is -2.48. The zero-order valence-electron chi connectivity index (χ0n) is 10.0. The summed E-state index contributed by atoms with van der Waals surface area (Å²) in [7, 11) is 0. The Morgan fingerprint density at radius 1 is 1.50 bits per heavy atom. The molecule has 1 aliphatic heterocycles. The SMILES string of the molecule is C#C[C@@H]1COCCN1C(=O)OCc1ccccc1. The van der Waals surface area contributed by atoms with Crippen molar-refractivity contribution in [3.8, 4) is 12.3 Å². The number of terminal acetylenes is 1. The van der Waals surface area contributed by atoms with Crippen molar-refractivity contribution in [2.75, 3.05) is 19.8 Å². The van der Waals surface area contributed by atoms with Crippen molar-refractivity contribution in [3.05, 3.63) is 35.9 Å². The largest absolute Gasteiger partial charge is 0.445 e. The topological polar surface area (TPSA) is 38.8 Å². The first-order chi connectivity index (χ1) is 8.81. The van der Waals surface area contributed by atoms with Gasteiger partial charge in [-0.2, -0.15) is 0 Å². The summed E-state index contributed by atoms with van der Waals surface area (Å²) >= 11 is 0. The molecule has 1 amide bonds. The minimum absolute atomic E-state index is 0.258. The van der Waals surface area contributed by atoms with Crippen molar-refractivity contribution in [1.82, 2.24) is 4.90 Å². The van der Waals surface area contributed by atoms with Crippen LogP contribution in [0.5, 0.6) is 0 Å². The van der Waals surface area contributed by atoms with E-state index in [1.807, 2.05) is 30.3 Å². The van der Waals surface area contributed by atoms with E-state index in [-0.39, 0.29) is 18.7 Å². The molecular weight excluding hydrogens is 230 g/mol. The van der Waals surface area contributed by atoms with Gasteiger partial charge in [-0.1, -0.05) is 36.3 Å². The Balaban J connectivity index is 1.89. The zero-order valence-corrected chi connectivity index (χ0v) is 10.0. The summed E-state index contributed by atoms with van der Waals surface area (Å²) in [5, 5.41) is 0. The van der Waals surface area contributed by atoms with Crippen LogP contribution in [0, 0.1) is 12.3 Å². The lowest BCUT2D eigenvalue weighted by Gasteiger charge is -2.31. The first-order valence-corrected chi connectivity index (χ1v) is 5.82. The summed E-state index contributed by atoms with van der Waals surface area (Å²) in [5.74, 6) is 2.53. The van der Waals surface area contributed by atoms with Gasteiger partial charge in [0.05, 0.1) is 13.2 Å². The molecule has 0 saturated carbocycles. The minimum atomic E-state index is -0.384. The molecule has 0 N–H and O–H groups in total. The second kappa shape index (κ2) is 6.08. The predicted octanol–water partition coefficient (Wildman–Crippen LogP) is 1.66. The van der Waals surface area contributed by atoms with Gasteiger partial charge in [-0.25, -0.2) is 4.79 Å². The van der Waals surface area contributed by atoms with Crippen LogP contribution < -0.4 is 0 Å². The highest BCUT2D eigenvalue weighted by Crippen LogP contribution is 2.09. The number of rotatable bonds is 2. The van der Waals surface area contributed by atoms with E-state index in [9.17, 15) is 4.79 Å². The number of amides is 1. The van der Waals surface area contributed by atoms with Crippen LogP contribution >= 0.6 is 0 Å². The summed E-state index contributed by atoms with van der Waals surface area (Å²) in [5.41, 5.74) is 0.955. The molecule has 1 atom stereocenters. The summed E-state index contributed by atoms with van der Waals surface area (Å²) in [6.07, 6.45) is 4.98. The zero-order chi connectivity index (χ0) is 12.8. The Labute approximate surface area is 106 Å². The fourth-order valence-electron chi connectivity index (χ4n) is 1.76. The van der Waals surface area contributed by atoms with E-state index in [1.165, 1.54) is 4.90 Å². The van der Waals surface area contributed by atoms with Crippen molar-refractivity contribution in [3.63, 3.8) is 0 Å². The first-order valence-electron chi connectivity index (χ1n) is 5.82. The van der Waals surface area contributed by atoms with Gasteiger partial charge in [-0.05, 0) is 5.56 Å². The smallest absolute Gasteiger partial charge is 0.411 e. The van der Waals surface area contributed by atoms with E-state index in [1.54, 1.807) is 0 Å². The van der Waals surface area contributed by atoms with Gasteiger partial charge < -0.3 is 9.47 Å². The molecule has 0 unspecified atom stereocenters. The molecule has 2 rings (SSSR count). The molecule has 18 heavy (non-hydrogen) atoms. The summed E-state index contributed by atoms with van der Waals surface area (Å²) in [6, 6.07) is 9.21. The predicted molar refractivity (Wildman–Crippen MR) is 66.8 cm³/mol. The molecule has 0 spiro atoms. The standard InChI is InChI=1S/C14H15NO3/c1-2-13-11-17-9-8-15(13)14(16)18-10-12-6-4-3-5-7-12/h1,3-7,13H,8-11H2/t13-/m1/s1. The van der Waals surface area contributed by atoms with Crippen molar-refractivity contribution >= 4 is 6.09 Å². The second-order valence-corrected chi connectivity index (χ2v) is 3.99. The van der Waals surface area contributed by atoms with Crippen LogP contribution in [0.2, 0.25) is 0 Å². The Morgan fingerprint density at radius 3 is 3.00 bits per heavy atom. The molecule has 1 fully saturated rings. The van der Waals surface area contributed by atoms with Crippen LogP contribution in [-0.4, -0.2) is 36.8 Å². The Bertz CT molecular complexity index is 438. The highest BCUT2D eigenvalue weighted by atomic mass is 16.6. The molecule has 4 heteroatoms. The molecule has 0 aromatic heterocycles. The van der Waals surface area contributed by atoms with Crippen molar-refractivity contribution in [2.45, 2.75) is 12.6 Å². The third-order valence-electron chi connectivity index (χ3n) is 2.76. The highest BCUT2D eigenvalue weighted by Gasteiger charge is 2.26. The number of hydrogen-bond acceptors (Lipinski definition) is 3. The summed E-state index contributed by atoms with van der Waals surface area (Å²) < 4.78 is 10.5. The maximum absolute atomic E-state index is 11.9. The van der Waals surface area contributed by atoms with E-state index >= 15 is 0 Å². The van der Waals surface area contributed by atoms with Crippen LogP contribution in [-0.2, 0) is 16.1 Å². The fraction of sp³-hybridized carbons (Fsp3) is 0.357. The molecule has 1 saturated heterocycles. The van der Waals surface area contributed by atoms with Crippen LogP contribution in [0.25, 0.3) is 0 Å². The van der Waals surface area contributed by atoms with Crippen molar-refractivity contribution < 1.29 is 14.3 Å². The molecule has 1 aliphatic rings. The van der Waals surface area contributed by atoms with E-state index < -0.39 is 0 Å². The van der Waals surface area contributed by atoms with Gasteiger partial charge in [0.1, 0.15) is 12.6 Å². The Hall–Kier alpha value is -1.99. The average molecular weight is 245 g/mol. The molecule has 0 aliphatic carbocycles. The Morgan fingerprint density at radius 2 is 2.28 bits per heavy atom. The summed E-state index contributed by atoms with van der Waals surface area (Å²) in [6.45, 7) is 1.60. The van der Waals surface area contributed by atoms with Crippen LogP contribution in [0.3, 0.4) is 0 Å². The van der Waals surface area contributed by atoms with Gasteiger partial charge in [0.2, 0.25) is 0 Å². The number of carbonyl (C=O) groups excluding carboxylic acids is 1. The first kappa shape index (κ1) is 12.5. The molecule has 94 valence electrons. The number of ether oxygens (including phenoxy) is 2. The minimum Gasteiger partial charge on any atom is -0.445 e. The lowest BCUT2D eigenvalue weighted by molar-refractivity contribution is 0.00618. The van der Waals surface area contributed by atoms with Gasteiger partial charge in [-0.15, -0.1) is 6.42 Å². The van der Waals surface area contributed by atoms with Gasteiger partial charge in [-0.3, -0.25) is 4.90 Å². The lowest BCUT2D eigenvalue weighted by atomic mass is 10.2. The second-order valence-electron chi connectivity index (χ2n) is 3.99. The average Bonchev–Trinajstić information content (AvgIpc) is 2.45. The van der Waals surface area contributed by atoms with Crippen LogP contribution in [0.1, 0.15) is 5.56 Å². The molecule has 0 radical (unpaired) electrons. The quantitative estimate of drug-likeness (QED) is 0.744. The maximum Gasteiger partial charge on any atom is 0.411 e. The number of morpholine rings is 1. The molecule has 1 aromatic carbocycles. The number of hydrogen-bond donors (Lipinski definition) is 0. The van der Waals surface area contributed by atoms with Crippen LogP contribution in [0.15, 0.2) is 30.3 Å². The van der Waals surface area contributed by atoms with E-state index in [4.69, 9.17) is 15.9 Å².